The van der Waals surface area contributed by atoms with Crippen LogP contribution in [0, 0.1) is 11.7 Å². The number of aromatic nitrogens is 4. The molecule has 1 aliphatic heterocycles. The predicted molar refractivity (Wildman–Crippen MR) is 101 cm³/mol. The molecule has 0 unspecified atom stereocenters. The Bertz CT molecular complexity index is 954. The lowest BCUT2D eigenvalue weighted by molar-refractivity contribution is -0.127. The molecule has 2 aromatic rings. The Kier molecular flexibility index (Phi) is 5.04. The Morgan fingerprint density at radius 1 is 1.40 bits per heavy atom. The fraction of sp³-hybridized carbons (Fsp3) is 0.556. The first-order valence-electron chi connectivity index (χ1n) is 9.55. The number of piperidine rings is 1. The molecule has 4 rings (SSSR count). The fourth-order valence-electron chi connectivity index (χ4n) is 3.68. The minimum absolute atomic E-state index is 0.0000777. The van der Waals surface area contributed by atoms with Crippen molar-refractivity contribution in [3.63, 3.8) is 0 Å². The quantitative estimate of drug-likeness (QED) is 0.638. The highest BCUT2D eigenvalue weighted by Crippen LogP contribution is 2.49. The molecule has 2 aromatic heterocycles. The first-order chi connectivity index (χ1) is 14.2. The first kappa shape index (κ1) is 20.4. The van der Waals surface area contributed by atoms with Crippen LogP contribution in [0.3, 0.4) is 0 Å². The van der Waals surface area contributed by atoms with E-state index in [0.29, 0.717) is 25.1 Å². The molecule has 0 radical (unpaired) electrons. The van der Waals surface area contributed by atoms with E-state index < -0.39 is 42.1 Å². The van der Waals surface area contributed by atoms with Crippen LogP contribution in [-0.2, 0) is 11.8 Å². The van der Waals surface area contributed by atoms with Gasteiger partial charge in [-0.25, -0.2) is 18.2 Å². The molecule has 1 amide bonds. The average Bonchev–Trinajstić information content (AvgIpc) is 3.16. The number of aryl methyl sites for hydroxylation is 1. The average molecular weight is 425 g/mol. The van der Waals surface area contributed by atoms with Crippen molar-refractivity contribution in [1.29, 1.82) is 0 Å². The minimum atomic E-state index is -3.00. The number of carbonyl (C=O) groups is 1. The molecule has 3 heterocycles. The van der Waals surface area contributed by atoms with Crippen molar-refractivity contribution in [2.24, 2.45) is 13.0 Å². The van der Waals surface area contributed by atoms with Crippen LogP contribution in [0.25, 0.3) is 0 Å². The van der Waals surface area contributed by atoms with Crippen LogP contribution in [0.1, 0.15) is 19.3 Å². The molecule has 12 heteroatoms. The molecule has 2 atom stereocenters. The van der Waals surface area contributed by atoms with Gasteiger partial charge in [-0.15, -0.1) is 0 Å². The van der Waals surface area contributed by atoms with Crippen LogP contribution in [0.4, 0.5) is 30.6 Å². The van der Waals surface area contributed by atoms with Crippen molar-refractivity contribution < 1.29 is 23.1 Å². The predicted octanol–water partition coefficient (Wildman–Crippen LogP) is 1.20. The number of nitrogens with one attached hydrogen (secondary N) is 2. The third kappa shape index (κ3) is 4.04. The molecule has 0 aromatic carbocycles. The van der Waals surface area contributed by atoms with Gasteiger partial charge in [-0.2, -0.15) is 10.1 Å². The standard InChI is InChI=1S/C18H22F3N7O2/c1-27-8-11(6-23-27)24-16-22-7-13(19)14(25-16)28-4-2-3-17(9-28,10-29)26-15(30)12-5-18(12,20)21/h6-8,12,29H,2-5,9-10H2,1H3,(H,26,30)(H,22,24,25)/t12-,17+/m0/s1. The van der Waals surface area contributed by atoms with Gasteiger partial charge in [0.15, 0.2) is 11.6 Å². The maximum absolute atomic E-state index is 14.5. The van der Waals surface area contributed by atoms with E-state index in [0.717, 1.165) is 6.20 Å². The number of hydrogen-bond donors (Lipinski definition) is 3. The summed E-state index contributed by atoms with van der Waals surface area (Å²) in [5, 5.41) is 19.5. The van der Waals surface area contributed by atoms with E-state index in [9.17, 15) is 23.1 Å². The highest BCUT2D eigenvalue weighted by molar-refractivity contribution is 5.83. The van der Waals surface area contributed by atoms with Gasteiger partial charge in [-0.1, -0.05) is 0 Å². The number of carbonyl (C=O) groups excluding carboxylic acids is 1. The van der Waals surface area contributed by atoms with Crippen LogP contribution >= 0.6 is 0 Å². The Morgan fingerprint density at radius 3 is 2.80 bits per heavy atom. The Hall–Kier alpha value is -2.89. The maximum atomic E-state index is 14.5. The molecule has 9 nitrogen and oxygen atoms in total. The van der Waals surface area contributed by atoms with Gasteiger partial charge >= 0.3 is 0 Å². The normalized spacial score (nSPS) is 25.1. The van der Waals surface area contributed by atoms with Crippen molar-refractivity contribution in [2.75, 3.05) is 29.9 Å². The van der Waals surface area contributed by atoms with E-state index in [4.69, 9.17) is 0 Å². The number of amides is 1. The lowest BCUT2D eigenvalue weighted by Gasteiger charge is -2.42. The second-order valence-electron chi connectivity index (χ2n) is 7.86. The van der Waals surface area contributed by atoms with Gasteiger partial charge in [0.1, 0.15) is 5.92 Å². The number of aliphatic hydroxyl groups excluding tert-OH is 1. The summed E-state index contributed by atoms with van der Waals surface area (Å²) < 4.78 is 42.5. The Labute approximate surface area is 170 Å². The number of anilines is 3. The smallest absolute Gasteiger partial charge is 0.260 e. The van der Waals surface area contributed by atoms with Gasteiger partial charge in [-0.3, -0.25) is 9.48 Å². The van der Waals surface area contributed by atoms with Crippen LogP contribution in [0.2, 0.25) is 0 Å². The van der Waals surface area contributed by atoms with Gasteiger partial charge in [0.25, 0.3) is 5.92 Å². The number of rotatable bonds is 6. The van der Waals surface area contributed by atoms with E-state index >= 15 is 0 Å². The Morgan fingerprint density at radius 2 is 2.17 bits per heavy atom. The molecule has 162 valence electrons. The topological polar surface area (TPSA) is 108 Å². The van der Waals surface area contributed by atoms with E-state index in [-0.39, 0.29) is 18.3 Å². The summed E-state index contributed by atoms with van der Waals surface area (Å²) in [4.78, 5) is 21.9. The summed E-state index contributed by atoms with van der Waals surface area (Å²) in [6.07, 6.45) is 4.70. The summed E-state index contributed by atoms with van der Waals surface area (Å²) in [6.45, 7) is 0.00625. The van der Waals surface area contributed by atoms with Crippen molar-refractivity contribution in [3.8, 4) is 0 Å². The van der Waals surface area contributed by atoms with Gasteiger partial charge < -0.3 is 20.6 Å². The second-order valence-corrected chi connectivity index (χ2v) is 7.86. The molecule has 1 saturated carbocycles. The first-order valence-corrected chi connectivity index (χ1v) is 9.55. The number of nitrogens with zero attached hydrogens (tertiary/aromatic N) is 5. The molecule has 0 spiro atoms. The summed E-state index contributed by atoms with van der Waals surface area (Å²) >= 11 is 0. The molecule has 1 aliphatic carbocycles. The minimum Gasteiger partial charge on any atom is -0.394 e. The van der Waals surface area contributed by atoms with Gasteiger partial charge in [-0.05, 0) is 12.8 Å². The largest absolute Gasteiger partial charge is 0.394 e. The van der Waals surface area contributed by atoms with Crippen molar-refractivity contribution in [1.82, 2.24) is 25.1 Å². The third-order valence-electron chi connectivity index (χ3n) is 5.40. The summed E-state index contributed by atoms with van der Waals surface area (Å²) in [5.74, 6) is -5.68. The molecule has 2 aliphatic rings. The zero-order valence-electron chi connectivity index (χ0n) is 16.3. The SMILES string of the molecule is Cn1cc(Nc2ncc(F)c(N3CCC[C@@](CO)(NC(=O)[C@@H]4CC4(F)F)C3)n2)cn1. The van der Waals surface area contributed by atoms with E-state index in [1.807, 2.05) is 0 Å². The van der Waals surface area contributed by atoms with Crippen LogP contribution in [0.5, 0.6) is 0 Å². The number of alkyl halides is 2. The molecule has 30 heavy (non-hydrogen) atoms. The van der Waals surface area contributed by atoms with Gasteiger partial charge in [0.05, 0.1) is 30.2 Å². The van der Waals surface area contributed by atoms with Crippen LogP contribution in [0.15, 0.2) is 18.6 Å². The van der Waals surface area contributed by atoms with E-state index in [1.54, 1.807) is 29.0 Å². The monoisotopic (exact) mass is 425 g/mol. The highest BCUT2D eigenvalue weighted by atomic mass is 19.3. The lowest BCUT2D eigenvalue weighted by Crippen LogP contribution is -2.61. The Balaban J connectivity index is 1.51. The maximum Gasteiger partial charge on any atom is 0.260 e. The van der Waals surface area contributed by atoms with Crippen molar-refractivity contribution in [3.05, 3.63) is 24.4 Å². The van der Waals surface area contributed by atoms with Crippen LogP contribution in [-0.4, -0.2) is 61.9 Å². The molecule has 0 bridgehead atoms. The fourth-order valence-corrected chi connectivity index (χ4v) is 3.68. The van der Waals surface area contributed by atoms with Gasteiger partial charge in [0, 0.05) is 32.8 Å². The lowest BCUT2D eigenvalue weighted by atomic mass is 9.89. The van der Waals surface area contributed by atoms with E-state index in [1.165, 1.54) is 0 Å². The van der Waals surface area contributed by atoms with Crippen LogP contribution < -0.4 is 15.5 Å². The third-order valence-corrected chi connectivity index (χ3v) is 5.40. The zero-order chi connectivity index (χ0) is 21.5. The zero-order valence-corrected chi connectivity index (χ0v) is 16.3. The molecule has 1 saturated heterocycles. The molecular weight excluding hydrogens is 403 g/mol. The molecule has 3 N–H and O–H groups in total. The van der Waals surface area contributed by atoms with E-state index in [2.05, 4.69) is 25.7 Å². The number of halogens is 3. The van der Waals surface area contributed by atoms with Crippen molar-refractivity contribution in [2.45, 2.75) is 30.7 Å². The highest BCUT2D eigenvalue weighted by Gasteiger charge is 2.62. The summed E-state index contributed by atoms with van der Waals surface area (Å²) in [7, 11) is 1.75. The molecular formula is C18H22F3N7O2. The number of aliphatic hydroxyl groups is 1. The van der Waals surface area contributed by atoms with Crippen molar-refractivity contribution >= 4 is 23.4 Å². The van der Waals surface area contributed by atoms with Gasteiger partial charge in [0.2, 0.25) is 11.9 Å². The molecule has 2 fully saturated rings. The summed E-state index contributed by atoms with van der Waals surface area (Å²) in [5.41, 5.74) is -0.529. The second kappa shape index (κ2) is 7.42. The number of hydrogen-bond acceptors (Lipinski definition) is 7. The summed E-state index contributed by atoms with van der Waals surface area (Å²) in [6, 6.07) is 0.